The van der Waals surface area contributed by atoms with Crippen molar-refractivity contribution in [2.24, 2.45) is 7.05 Å². The van der Waals surface area contributed by atoms with Crippen molar-refractivity contribution in [3.05, 3.63) is 33.0 Å². The number of imidazole rings is 1. The SMILES string of the molecule is CC=CCn1c(SCC)nc2c1c(=O)[nH]c(=O)n2C. The number of thioether (sulfide) groups is 1. The first-order valence-corrected chi connectivity index (χ1v) is 7.02. The molecule has 0 aliphatic rings. The fourth-order valence-electron chi connectivity index (χ4n) is 1.83. The molecule has 7 heteroatoms. The van der Waals surface area contributed by atoms with Gasteiger partial charge >= 0.3 is 5.69 Å². The fourth-order valence-corrected chi connectivity index (χ4v) is 2.56. The van der Waals surface area contributed by atoms with E-state index in [4.69, 9.17) is 0 Å². The number of hydrogen-bond acceptors (Lipinski definition) is 4. The zero-order chi connectivity index (χ0) is 14.0. The van der Waals surface area contributed by atoms with Crippen LogP contribution in [0.2, 0.25) is 0 Å². The minimum absolute atomic E-state index is 0.391. The summed E-state index contributed by atoms with van der Waals surface area (Å²) in [6.45, 7) is 4.51. The summed E-state index contributed by atoms with van der Waals surface area (Å²) in [5, 5.41) is 0.752. The van der Waals surface area contributed by atoms with Crippen molar-refractivity contribution in [2.75, 3.05) is 5.75 Å². The molecule has 0 fully saturated rings. The van der Waals surface area contributed by atoms with Gasteiger partial charge in [0, 0.05) is 13.6 Å². The molecule has 2 aromatic heterocycles. The molecule has 0 atom stereocenters. The normalized spacial score (nSPS) is 11.7. The summed E-state index contributed by atoms with van der Waals surface area (Å²) in [7, 11) is 1.61. The maximum Gasteiger partial charge on any atom is 0.329 e. The van der Waals surface area contributed by atoms with Gasteiger partial charge in [-0.3, -0.25) is 14.3 Å². The second-order valence-corrected chi connectivity index (χ2v) is 5.23. The van der Waals surface area contributed by atoms with Crippen molar-refractivity contribution in [3.8, 4) is 0 Å². The minimum Gasteiger partial charge on any atom is -0.309 e. The van der Waals surface area contributed by atoms with Gasteiger partial charge in [0.1, 0.15) is 0 Å². The molecule has 102 valence electrons. The van der Waals surface area contributed by atoms with Crippen LogP contribution in [0.15, 0.2) is 26.9 Å². The van der Waals surface area contributed by atoms with Gasteiger partial charge in [0.2, 0.25) is 0 Å². The number of H-pyrrole nitrogens is 1. The summed E-state index contributed by atoms with van der Waals surface area (Å²) in [5.41, 5.74) is 0.0321. The molecule has 1 N–H and O–H groups in total. The Labute approximate surface area is 114 Å². The lowest BCUT2D eigenvalue weighted by Gasteiger charge is -2.04. The van der Waals surface area contributed by atoms with Gasteiger partial charge in [-0.25, -0.2) is 9.78 Å². The monoisotopic (exact) mass is 280 g/mol. The summed E-state index contributed by atoms with van der Waals surface area (Å²) in [4.78, 5) is 30.3. The lowest BCUT2D eigenvalue weighted by atomic mass is 10.4. The Morgan fingerprint density at radius 1 is 1.42 bits per heavy atom. The molecule has 0 unspecified atom stereocenters. The Kier molecular flexibility index (Phi) is 3.94. The summed E-state index contributed by atoms with van der Waals surface area (Å²) in [6.07, 6.45) is 3.87. The molecule has 0 radical (unpaired) electrons. The molecule has 0 bridgehead atoms. The van der Waals surface area contributed by atoms with Gasteiger partial charge in [0.25, 0.3) is 5.56 Å². The van der Waals surface area contributed by atoms with E-state index in [9.17, 15) is 9.59 Å². The number of nitrogens with zero attached hydrogens (tertiary/aromatic N) is 3. The van der Waals surface area contributed by atoms with Crippen LogP contribution in [0.4, 0.5) is 0 Å². The highest BCUT2D eigenvalue weighted by Gasteiger charge is 2.16. The molecule has 0 amide bonds. The van der Waals surface area contributed by atoms with Crippen LogP contribution >= 0.6 is 11.8 Å². The predicted molar refractivity (Wildman–Crippen MR) is 76.8 cm³/mol. The maximum absolute atomic E-state index is 12.0. The van der Waals surface area contributed by atoms with Crippen LogP contribution in [-0.4, -0.2) is 24.9 Å². The number of aryl methyl sites for hydroxylation is 1. The molecular weight excluding hydrogens is 264 g/mol. The molecule has 19 heavy (non-hydrogen) atoms. The van der Waals surface area contributed by atoms with Crippen LogP contribution in [0.3, 0.4) is 0 Å². The number of aromatic amines is 1. The van der Waals surface area contributed by atoms with Gasteiger partial charge in [0.05, 0.1) is 0 Å². The number of nitrogens with one attached hydrogen (secondary N) is 1. The maximum atomic E-state index is 12.0. The summed E-state index contributed by atoms with van der Waals surface area (Å²) >= 11 is 1.55. The zero-order valence-corrected chi connectivity index (χ0v) is 12.0. The molecule has 0 spiro atoms. The van der Waals surface area contributed by atoms with E-state index in [2.05, 4.69) is 9.97 Å². The first-order valence-electron chi connectivity index (χ1n) is 6.03. The quantitative estimate of drug-likeness (QED) is 0.672. The van der Waals surface area contributed by atoms with Crippen LogP contribution < -0.4 is 11.2 Å². The second kappa shape index (κ2) is 5.48. The predicted octanol–water partition coefficient (Wildman–Crippen LogP) is 1.11. The summed E-state index contributed by atoms with van der Waals surface area (Å²) < 4.78 is 3.20. The van der Waals surface area contributed by atoms with Crippen LogP contribution in [0.1, 0.15) is 13.8 Å². The molecule has 2 rings (SSSR count). The molecule has 0 saturated heterocycles. The Morgan fingerprint density at radius 2 is 2.16 bits per heavy atom. The molecule has 2 heterocycles. The van der Waals surface area contributed by atoms with Crippen molar-refractivity contribution in [3.63, 3.8) is 0 Å². The van der Waals surface area contributed by atoms with Gasteiger partial charge in [-0.1, -0.05) is 30.8 Å². The zero-order valence-electron chi connectivity index (χ0n) is 11.1. The van der Waals surface area contributed by atoms with E-state index in [0.29, 0.717) is 17.7 Å². The topological polar surface area (TPSA) is 72.7 Å². The molecule has 0 aliphatic carbocycles. The van der Waals surface area contributed by atoms with E-state index >= 15 is 0 Å². The van der Waals surface area contributed by atoms with Gasteiger partial charge in [-0.15, -0.1) is 0 Å². The van der Waals surface area contributed by atoms with Gasteiger partial charge < -0.3 is 4.57 Å². The van der Waals surface area contributed by atoms with Crippen molar-refractivity contribution < 1.29 is 0 Å². The largest absolute Gasteiger partial charge is 0.329 e. The molecule has 0 saturated carbocycles. The highest BCUT2D eigenvalue weighted by molar-refractivity contribution is 7.99. The van der Waals surface area contributed by atoms with Gasteiger partial charge in [0.15, 0.2) is 16.3 Å². The highest BCUT2D eigenvalue weighted by Crippen LogP contribution is 2.20. The van der Waals surface area contributed by atoms with E-state index in [1.807, 2.05) is 30.6 Å². The number of hydrogen-bond donors (Lipinski definition) is 1. The molecule has 0 aliphatic heterocycles. The van der Waals surface area contributed by atoms with Crippen LogP contribution in [0, 0.1) is 0 Å². The number of aromatic nitrogens is 4. The van der Waals surface area contributed by atoms with Crippen molar-refractivity contribution in [1.82, 2.24) is 19.1 Å². The standard InChI is InChI=1S/C12H16N4O2S/c1-4-6-7-16-8-9(13-12(16)19-5-2)15(3)11(18)14-10(8)17/h4,6H,5,7H2,1-3H3,(H,14,17,18). The van der Waals surface area contributed by atoms with E-state index in [0.717, 1.165) is 10.9 Å². The third-order valence-corrected chi connectivity index (χ3v) is 3.63. The third-order valence-electron chi connectivity index (χ3n) is 2.77. The summed E-state index contributed by atoms with van der Waals surface area (Å²) in [6, 6.07) is 0. The van der Waals surface area contributed by atoms with E-state index < -0.39 is 11.2 Å². The van der Waals surface area contributed by atoms with Gasteiger partial charge in [-0.2, -0.15) is 0 Å². The van der Waals surface area contributed by atoms with Crippen molar-refractivity contribution in [2.45, 2.75) is 25.5 Å². The number of fused-ring (bicyclic) bond motifs is 1. The smallest absolute Gasteiger partial charge is 0.309 e. The van der Waals surface area contributed by atoms with Gasteiger partial charge in [-0.05, 0) is 12.7 Å². The summed E-state index contributed by atoms with van der Waals surface area (Å²) in [5.74, 6) is 0.852. The average molecular weight is 280 g/mol. The lowest BCUT2D eigenvalue weighted by Crippen LogP contribution is -2.29. The van der Waals surface area contributed by atoms with E-state index in [-0.39, 0.29) is 0 Å². The molecule has 0 aromatic carbocycles. The lowest BCUT2D eigenvalue weighted by molar-refractivity contribution is 0.744. The Hall–Kier alpha value is -1.76. The average Bonchev–Trinajstić information content (AvgIpc) is 2.73. The van der Waals surface area contributed by atoms with Crippen molar-refractivity contribution >= 4 is 22.9 Å². The van der Waals surface area contributed by atoms with Crippen LogP contribution in [0.25, 0.3) is 11.2 Å². The second-order valence-electron chi connectivity index (χ2n) is 4.00. The number of rotatable bonds is 4. The van der Waals surface area contributed by atoms with E-state index in [1.54, 1.807) is 18.8 Å². The Balaban J connectivity index is 2.81. The van der Waals surface area contributed by atoms with E-state index in [1.165, 1.54) is 4.57 Å². The van der Waals surface area contributed by atoms with Crippen LogP contribution in [0.5, 0.6) is 0 Å². The first kappa shape index (κ1) is 13.7. The highest BCUT2D eigenvalue weighted by atomic mass is 32.2. The van der Waals surface area contributed by atoms with Crippen molar-refractivity contribution in [1.29, 1.82) is 0 Å². The molecular formula is C12H16N4O2S. The Bertz CT molecular complexity index is 738. The third kappa shape index (κ3) is 2.37. The first-order chi connectivity index (χ1) is 9.10. The minimum atomic E-state index is -0.443. The molecule has 6 nitrogen and oxygen atoms in total. The number of allylic oxidation sites excluding steroid dienone is 2. The van der Waals surface area contributed by atoms with Crippen LogP contribution in [-0.2, 0) is 13.6 Å². The Morgan fingerprint density at radius 3 is 2.79 bits per heavy atom. The fraction of sp³-hybridized carbons (Fsp3) is 0.417. The molecule has 2 aromatic rings.